The van der Waals surface area contributed by atoms with E-state index in [1.54, 1.807) is 49.6 Å². The van der Waals surface area contributed by atoms with Gasteiger partial charge in [-0.2, -0.15) is 0 Å². The van der Waals surface area contributed by atoms with Gasteiger partial charge in [0.15, 0.2) is 0 Å². The fourth-order valence-corrected chi connectivity index (χ4v) is 3.76. The van der Waals surface area contributed by atoms with Crippen molar-refractivity contribution in [3.05, 3.63) is 53.0 Å². The fraction of sp³-hybridized carbons (Fsp3) is 0.133. The van der Waals surface area contributed by atoms with E-state index in [-0.39, 0.29) is 11.4 Å². The van der Waals surface area contributed by atoms with Gasteiger partial charge in [-0.1, -0.05) is 12.1 Å². The second kappa shape index (κ2) is 7.58. The molecule has 0 saturated carbocycles. The number of ether oxygens (including phenoxy) is 1. The van der Waals surface area contributed by atoms with E-state index in [4.69, 9.17) is 4.74 Å². The Labute approximate surface area is 143 Å². The summed E-state index contributed by atoms with van der Waals surface area (Å²) in [6, 6.07) is 13.1. The van der Waals surface area contributed by atoms with Gasteiger partial charge in [0.05, 0.1) is 18.6 Å². The van der Waals surface area contributed by atoms with E-state index >= 15 is 0 Å². The van der Waals surface area contributed by atoms with Crippen LogP contribution in [0.5, 0.6) is 5.75 Å². The maximum absolute atomic E-state index is 12.2. The molecule has 0 radical (unpaired) electrons. The number of nitrogens with one attached hydrogen (secondary N) is 2. The van der Waals surface area contributed by atoms with E-state index in [2.05, 4.69) is 26.0 Å². The molecular weight excluding hydrogens is 384 g/mol. The van der Waals surface area contributed by atoms with Crippen LogP contribution in [0.15, 0.2) is 57.9 Å². The lowest BCUT2D eigenvalue weighted by Gasteiger charge is -2.09. The smallest absolute Gasteiger partial charge is 0.242 e. The molecule has 0 fully saturated rings. The molecule has 6 nitrogen and oxygen atoms in total. The summed E-state index contributed by atoms with van der Waals surface area (Å²) in [4.78, 5) is 11.9. The molecule has 8 heteroatoms. The first-order chi connectivity index (χ1) is 10.9. The zero-order chi connectivity index (χ0) is 16.9. The third kappa shape index (κ3) is 4.78. The molecule has 0 unspecified atom stereocenters. The molecule has 2 rings (SSSR count). The molecule has 2 N–H and O–H groups in total. The third-order valence-corrected chi connectivity index (χ3v) is 5.34. The lowest BCUT2D eigenvalue weighted by atomic mass is 10.3. The summed E-state index contributed by atoms with van der Waals surface area (Å²) in [7, 11) is -2.22. The predicted molar refractivity (Wildman–Crippen MR) is 91.0 cm³/mol. The Morgan fingerprint density at radius 2 is 1.78 bits per heavy atom. The summed E-state index contributed by atoms with van der Waals surface area (Å²) >= 11 is 3.17. The Morgan fingerprint density at radius 3 is 2.39 bits per heavy atom. The molecule has 1 amide bonds. The number of halogens is 1. The van der Waals surface area contributed by atoms with Crippen molar-refractivity contribution >= 4 is 37.5 Å². The normalized spacial score (nSPS) is 11.0. The minimum Gasteiger partial charge on any atom is -0.497 e. The number of methoxy groups -OCH3 is 1. The van der Waals surface area contributed by atoms with Gasteiger partial charge in [-0.15, -0.1) is 0 Å². The first kappa shape index (κ1) is 17.5. The van der Waals surface area contributed by atoms with Crippen LogP contribution in [0, 0.1) is 0 Å². The average Bonchev–Trinajstić information content (AvgIpc) is 2.54. The molecule has 2 aromatic carbocycles. The predicted octanol–water partition coefficient (Wildman–Crippen LogP) is 2.37. The molecule has 0 saturated heterocycles. The number of anilines is 1. The van der Waals surface area contributed by atoms with Crippen LogP contribution >= 0.6 is 15.9 Å². The van der Waals surface area contributed by atoms with Gasteiger partial charge in [0.1, 0.15) is 5.75 Å². The topological polar surface area (TPSA) is 84.5 Å². The van der Waals surface area contributed by atoms with Crippen molar-refractivity contribution in [2.24, 2.45) is 0 Å². The Morgan fingerprint density at radius 1 is 1.13 bits per heavy atom. The minimum absolute atomic E-state index is 0.0808. The van der Waals surface area contributed by atoms with E-state index in [0.29, 0.717) is 15.9 Å². The zero-order valence-corrected chi connectivity index (χ0v) is 14.6. The molecule has 23 heavy (non-hydrogen) atoms. The van der Waals surface area contributed by atoms with Crippen molar-refractivity contribution < 1.29 is 17.9 Å². The number of amides is 1. The number of hydrogen-bond donors (Lipinski definition) is 2. The van der Waals surface area contributed by atoms with Crippen molar-refractivity contribution in [2.45, 2.75) is 4.90 Å². The highest BCUT2D eigenvalue weighted by Crippen LogP contribution is 2.20. The maximum atomic E-state index is 12.2. The standard InChI is InChI=1S/C15H15BrN2O4S/c1-22-12-8-6-11(7-9-12)18-15(19)10-17-23(20,21)14-5-3-2-4-13(14)16/h2-9,17H,10H2,1H3,(H,18,19). The molecule has 0 heterocycles. The van der Waals surface area contributed by atoms with Gasteiger partial charge in [0.25, 0.3) is 0 Å². The fourth-order valence-electron chi connectivity index (χ4n) is 1.78. The highest BCUT2D eigenvalue weighted by molar-refractivity contribution is 9.10. The Hall–Kier alpha value is -1.90. The molecule has 0 spiro atoms. The average molecular weight is 399 g/mol. The summed E-state index contributed by atoms with van der Waals surface area (Å²) in [6.45, 7) is -0.365. The monoisotopic (exact) mass is 398 g/mol. The Bertz CT molecular complexity index is 791. The molecule has 0 aliphatic rings. The van der Waals surface area contributed by atoms with Gasteiger partial charge in [0, 0.05) is 10.2 Å². The Kier molecular flexibility index (Phi) is 5.75. The molecule has 0 bridgehead atoms. The molecular formula is C15H15BrN2O4S. The van der Waals surface area contributed by atoms with Crippen LogP contribution < -0.4 is 14.8 Å². The first-order valence-corrected chi connectivity index (χ1v) is 8.88. The van der Waals surface area contributed by atoms with E-state index in [1.807, 2.05) is 0 Å². The van der Waals surface area contributed by atoms with Crippen LogP contribution in [0.3, 0.4) is 0 Å². The second-order valence-electron chi connectivity index (χ2n) is 4.53. The van der Waals surface area contributed by atoms with Gasteiger partial charge in [-0.25, -0.2) is 13.1 Å². The number of rotatable bonds is 6. The van der Waals surface area contributed by atoms with Crippen LogP contribution in [-0.2, 0) is 14.8 Å². The van der Waals surface area contributed by atoms with Crippen molar-refractivity contribution in [1.82, 2.24) is 4.72 Å². The summed E-state index contributed by atoms with van der Waals surface area (Å²) in [6.07, 6.45) is 0. The SMILES string of the molecule is COc1ccc(NC(=O)CNS(=O)(=O)c2ccccc2Br)cc1. The summed E-state index contributed by atoms with van der Waals surface area (Å²) in [5, 5.41) is 2.60. The van der Waals surface area contributed by atoms with Crippen LogP contribution in [0.2, 0.25) is 0 Å². The lowest BCUT2D eigenvalue weighted by Crippen LogP contribution is -2.33. The number of carbonyl (C=O) groups is 1. The zero-order valence-electron chi connectivity index (χ0n) is 12.2. The van der Waals surface area contributed by atoms with Crippen LogP contribution in [0.1, 0.15) is 0 Å². The molecule has 0 atom stereocenters. The summed E-state index contributed by atoms with van der Waals surface area (Å²) in [5.41, 5.74) is 0.552. The number of hydrogen-bond acceptors (Lipinski definition) is 4. The van der Waals surface area contributed by atoms with E-state index < -0.39 is 15.9 Å². The number of sulfonamides is 1. The van der Waals surface area contributed by atoms with Gasteiger partial charge in [-0.05, 0) is 52.3 Å². The first-order valence-electron chi connectivity index (χ1n) is 6.60. The van der Waals surface area contributed by atoms with E-state index in [9.17, 15) is 13.2 Å². The van der Waals surface area contributed by atoms with Crippen molar-refractivity contribution in [2.75, 3.05) is 19.0 Å². The van der Waals surface area contributed by atoms with E-state index in [1.165, 1.54) is 6.07 Å². The molecule has 0 aliphatic heterocycles. The molecule has 0 aliphatic carbocycles. The van der Waals surface area contributed by atoms with Crippen LogP contribution in [0.25, 0.3) is 0 Å². The van der Waals surface area contributed by atoms with Crippen molar-refractivity contribution in [3.63, 3.8) is 0 Å². The molecule has 0 aromatic heterocycles. The largest absolute Gasteiger partial charge is 0.497 e. The summed E-state index contributed by atoms with van der Waals surface area (Å²) in [5.74, 6) is 0.198. The molecule has 122 valence electrons. The van der Waals surface area contributed by atoms with Gasteiger partial charge < -0.3 is 10.1 Å². The second-order valence-corrected chi connectivity index (χ2v) is 7.12. The van der Waals surface area contributed by atoms with Crippen LogP contribution in [-0.4, -0.2) is 28.0 Å². The maximum Gasteiger partial charge on any atom is 0.242 e. The Balaban J connectivity index is 1.97. The summed E-state index contributed by atoms with van der Waals surface area (Å²) < 4.78 is 32.0. The van der Waals surface area contributed by atoms with Crippen molar-refractivity contribution in [3.8, 4) is 5.75 Å². The van der Waals surface area contributed by atoms with Gasteiger partial charge in [0.2, 0.25) is 15.9 Å². The van der Waals surface area contributed by atoms with Gasteiger partial charge >= 0.3 is 0 Å². The minimum atomic E-state index is -3.77. The third-order valence-electron chi connectivity index (χ3n) is 2.92. The molecule has 2 aromatic rings. The highest BCUT2D eigenvalue weighted by Gasteiger charge is 2.18. The number of benzene rings is 2. The van der Waals surface area contributed by atoms with Gasteiger partial charge in [-0.3, -0.25) is 4.79 Å². The number of carbonyl (C=O) groups excluding carboxylic acids is 1. The van der Waals surface area contributed by atoms with Crippen molar-refractivity contribution in [1.29, 1.82) is 0 Å². The quantitative estimate of drug-likeness (QED) is 0.781. The van der Waals surface area contributed by atoms with E-state index in [0.717, 1.165) is 0 Å². The highest BCUT2D eigenvalue weighted by atomic mass is 79.9. The lowest BCUT2D eigenvalue weighted by molar-refractivity contribution is -0.115. The van der Waals surface area contributed by atoms with Crippen LogP contribution in [0.4, 0.5) is 5.69 Å².